The number of methoxy groups -OCH3 is 6. The molecule has 4 aliphatic rings. The highest BCUT2D eigenvalue weighted by atomic mass is 35.5. The van der Waals surface area contributed by atoms with Crippen molar-refractivity contribution in [2.75, 3.05) is 82.3 Å². The SMILES string of the molecule is COC(=O)CO/N=C1\C=C\CC/C=C/CC(C)OC(=O)c2c(O)cc(O)c(Cl)c2C1.COC(=O)CON=C1C=C(NOCC(=O)OC)Cc2c(Cl)c(C)cc(C)c2C(=O)OC(C)C/C=C/CC1.COC(=O)CON=C1C=C(NOCC(=O)OC)Cc2c(Cl)c(O)cc(O)c2C(=O)OC(C)C/C=C/CC1.COC(=O)CONC1CC/C=C/CC(C)OC(=O)c2c(O)cc(O)c(Cl)c2CCC1. The van der Waals surface area contributed by atoms with Crippen LogP contribution in [0.15, 0.2) is 124 Å². The van der Waals surface area contributed by atoms with Gasteiger partial charge in [0.15, 0.2) is 19.8 Å². The maximum absolute atomic E-state index is 13.2. The third-order valence-corrected chi connectivity index (χ3v) is 21.1. The number of carbonyl (C=O) groups excluding carboxylic acids is 10. The molecule has 0 saturated carbocycles. The molecule has 0 fully saturated rings. The van der Waals surface area contributed by atoms with E-state index in [0.29, 0.717) is 127 Å². The van der Waals surface area contributed by atoms with E-state index in [-0.39, 0.29) is 111 Å². The van der Waals surface area contributed by atoms with Crippen LogP contribution in [0.2, 0.25) is 20.1 Å². The number of ether oxygens (including phenoxy) is 10. The van der Waals surface area contributed by atoms with Gasteiger partial charge in [0, 0.05) is 85.6 Å². The summed E-state index contributed by atoms with van der Waals surface area (Å²) in [5, 5.41) is 73.4. The first-order valence-corrected chi connectivity index (χ1v) is 43.6. The molecule has 0 aromatic heterocycles. The molecule has 0 bridgehead atoms. The third kappa shape index (κ3) is 39.0. The Morgan fingerprint density at radius 1 is 0.373 bits per heavy atom. The number of allylic oxidation sites excluding steroid dienone is 10. The van der Waals surface area contributed by atoms with Gasteiger partial charge in [0.1, 0.15) is 75.6 Å². The summed E-state index contributed by atoms with van der Waals surface area (Å²) in [6.07, 6.45) is 28.7. The summed E-state index contributed by atoms with van der Waals surface area (Å²) in [5.74, 6) is -8.88. The number of benzene rings is 4. The van der Waals surface area contributed by atoms with Crippen molar-refractivity contribution in [3.63, 3.8) is 0 Å². The van der Waals surface area contributed by atoms with E-state index < -0.39 is 121 Å². The highest BCUT2D eigenvalue weighted by Gasteiger charge is 2.31. The molecule has 5 unspecified atom stereocenters. The predicted octanol–water partition coefficient (Wildman–Crippen LogP) is 13.7. The van der Waals surface area contributed by atoms with E-state index in [1.54, 1.807) is 32.9 Å². The number of esters is 10. The Morgan fingerprint density at radius 3 is 1.12 bits per heavy atom. The first kappa shape index (κ1) is 112. The lowest BCUT2D eigenvalue weighted by Crippen LogP contribution is -2.31. The van der Waals surface area contributed by atoms with Gasteiger partial charge in [0.2, 0.25) is 19.8 Å². The Kier molecular flexibility index (Phi) is 50.1. The van der Waals surface area contributed by atoms with Crippen molar-refractivity contribution in [2.24, 2.45) is 15.5 Å². The van der Waals surface area contributed by atoms with E-state index in [1.165, 1.54) is 48.7 Å². The highest BCUT2D eigenvalue weighted by molar-refractivity contribution is 6.35. The van der Waals surface area contributed by atoms with Gasteiger partial charge in [-0.3, -0.25) is 25.5 Å². The van der Waals surface area contributed by atoms with E-state index in [9.17, 15) is 78.6 Å². The molecule has 4 aromatic carbocycles. The summed E-state index contributed by atoms with van der Waals surface area (Å²) in [6.45, 7) is 8.44. The number of oxime groups is 3. The molecular formula is C92H114Cl4N6O32. The maximum Gasteiger partial charge on any atom is 0.346 e. The molecule has 5 atom stereocenters. The second kappa shape index (κ2) is 59.9. The Bertz CT molecular complexity index is 4870. The number of halogens is 4. The standard InChI is InChI=1S/C26H33ClN2O8.C24H29ClN2O10.C21H28ClNO7.C21H24ClNO7/c1-16-11-17(2)25(27)21-13-20(29-36-15-23(31)34-5)12-19(28-35-14-22(30)33-4)10-8-6-7-9-18(3)37-26(32)24(16)21;1-14-7-5-4-6-8-15(26-35-12-20(30)33-2)9-16(27-36-13-21(31)34-3)10-17-22(24(32)37-14)18(28)11-19(29)23(17)25;1-13-7-4-3-5-8-14(23-29-12-18(26)28-2)9-6-10-15-19(21(27)30-13)16(24)11-17(25)20(15)22;1-13-8-6-4-3-5-7-9-14(23-29-12-18(26)28-2)10-15-19(21(27)30-13)16(24)11-17(25)20(15)22/h6-7,11-12,18,29H,8-10,13-15H2,1-5H3;4-5,9,11,14,27-29H,6-8,10,12-13H2,1-3H3;3-4,11,13-14,23-25H,5-10,12H2,1-2H3;4,6-7,9,11,13,24-25H,3,5,8,10,12H2,1-2H3/b7-6+,20-12?,28-19?;5-4+,16-9?,26-15?;4-3+;6-4+,9-7+,23-14+. The summed E-state index contributed by atoms with van der Waals surface area (Å²) >= 11 is 25.5. The van der Waals surface area contributed by atoms with Crippen LogP contribution < -0.4 is 16.4 Å². The van der Waals surface area contributed by atoms with Gasteiger partial charge in [-0.1, -0.05) is 123 Å². The zero-order chi connectivity index (χ0) is 98.9. The molecule has 0 radical (unpaired) electrons. The third-order valence-electron chi connectivity index (χ3n) is 19.4. The Morgan fingerprint density at radius 2 is 0.709 bits per heavy atom. The van der Waals surface area contributed by atoms with Gasteiger partial charge in [-0.15, -0.1) is 0 Å². The topological polar surface area (TPSA) is 513 Å². The molecule has 4 aliphatic heterocycles. The first-order chi connectivity index (χ1) is 64.0. The molecule has 4 heterocycles. The van der Waals surface area contributed by atoms with Gasteiger partial charge in [0.25, 0.3) is 0 Å². The summed E-state index contributed by atoms with van der Waals surface area (Å²) < 4.78 is 49.3. The van der Waals surface area contributed by atoms with Crippen molar-refractivity contribution in [1.29, 1.82) is 0 Å². The number of carbonyl (C=O) groups is 10. The lowest BCUT2D eigenvalue weighted by molar-refractivity contribution is -0.150. The Balaban J connectivity index is 0.000000317. The monoisotopic (exact) mass is 1950 g/mol. The lowest BCUT2D eigenvalue weighted by Gasteiger charge is -2.20. The molecule has 9 N–H and O–H groups in total. The fourth-order valence-corrected chi connectivity index (χ4v) is 13.5. The molecule has 8 rings (SSSR count). The summed E-state index contributed by atoms with van der Waals surface area (Å²) in [7, 11) is 7.42. The molecule has 42 heteroatoms. The average Bonchev–Trinajstić information content (AvgIpc) is 0.830. The second-order valence-corrected chi connectivity index (χ2v) is 31.4. The minimum Gasteiger partial charge on any atom is -0.507 e. The number of hydrogen-bond acceptors (Lipinski definition) is 38. The zero-order valence-corrected chi connectivity index (χ0v) is 79.3. The molecular weight excluding hydrogens is 1840 g/mol. The van der Waals surface area contributed by atoms with Crippen LogP contribution in [-0.4, -0.2) is 220 Å². The molecule has 0 aliphatic carbocycles. The summed E-state index contributed by atoms with van der Waals surface area (Å²) in [6, 6.07) is 4.74. The van der Waals surface area contributed by atoms with Crippen LogP contribution in [0, 0.1) is 13.8 Å². The van der Waals surface area contributed by atoms with E-state index in [4.69, 9.17) is 94.4 Å². The number of hydroxylamine groups is 3. The van der Waals surface area contributed by atoms with Crippen LogP contribution in [0.5, 0.6) is 34.5 Å². The van der Waals surface area contributed by atoms with Crippen LogP contribution in [0.1, 0.15) is 192 Å². The van der Waals surface area contributed by atoms with Crippen molar-refractivity contribution in [1.82, 2.24) is 16.4 Å². The van der Waals surface area contributed by atoms with Crippen LogP contribution in [-0.2, 0) is 131 Å². The number of rotatable bonds is 21. The predicted molar refractivity (Wildman–Crippen MR) is 489 cm³/mol. The van der Waals surface area contributed by atoms with Crippen LogP contribution in [0.4, 0.5) is 0 Å². The number of phenols is 6. The van der Waals surface area contributed by atoms with E-state index >= 15 is 0 Å². The van der Waals surface area contributed by atoms with Crippen molar-refractivity contribution in [3.05, 3.63) is 184 Å². The van der Waals surface area contributed by atoms with Crippen LogP contribution >= 0.6 is 46.4 Å². The van der Waals surface area contributed by atoms with Gasteiger partial charge in [-0.25, -0.2) is 47.9 Å². The number of nitrogens with one attached hydrogen (secondary N) is 3. The molecule has 732 valence electrons. The van der Waals surface area contributed by atoms with Gasteiger partial charge < -0.3 is 92.5 Å². The zero-order valence-electron chi connectivity index (χ0n) is 76.2. The van der Waals surface area contributed by atoms with Gasteiger partial charge in [0.05, 0.1) is 80.4 Å². The fraction of sp³-hybridized carbons (Fsp3) is 0.446. The summed E-state index contributed by atoms with van der Waals surface area (Å²) in [4.78, 5) is 151. The number of cyclic esters (lactones) is 4. The quantitative estimate of drug-likeness (QED) is 0.0162. The Labute approximate surface area is 794 Å². The van der Waals surface area contributed by atoms with Crippen LogP contribution in [0.3, 0.4) is 0 Å². The van der Waals surface area contributed by atoms with Crippen molar-refractivity contribution < 1.29 is 155 Å². The smallest absolute Gasteiger partial charge is 0.346 e. The maximum atomic E-state index is 13.2. The fourth-order valence-electron chi connectivity index (χ4n) is 12.6. The number of aromatic hydroxyl groups is 6. The molecule has 134 heavy (non-hydrogen) atoms. The van der Waals surface area contributed by atoms with E-state index in [1.807, 2.05) is 81.5 Å². The van der Waals surface area contributed by atoms with Crippen LogP contribution in [0.25, 0.3) is 0 Å². The van der Waals surface area contributed by atoms with Gasteiger partial charge in [-0.2, -0.15) is 5.48 Å². The molecule has 0 amide bonds. The van der Waals surface area contributed by atoms with E-state index in [0.717, 1.165) is 43.0 Å². The minimum atomic E-state index is -0.850. The molecule has 4 aromatic rings. The van der Waals surface area contributed by atoms with Crippen molar-refractivity contribution >= 4 is 123 Å². The number of hydrogen-bond donors (Lipinski definition) is 9. The normalized spacial score (nSPS) is 19.8. The highest BCUT2D eigenvalue weighted by Crippen LogP contribution is 2.42. The largest absolute Gasteiger partial charge is 0.507 e. The molecule has 0 saturated heterocycles. The van der Waals surface area contributed by atoms with E-state index in [2.05, 4.69) is 60.3 Å². The number of aryl methyl sites for hydroxylation is 2. The summed E-state index contributed by atoms with van der Waals surface area (Å²) in [5.41, 5.74) is 12.4. The van der Waals surface area contributed by atoms with Crippen molar-refractivity contribution in [3.8, 4) is 34.5 Å². The number of fused-ring (bicyclic) bond motifs is 4. The van der Waals surface area contributed by atoms with Gasteiger partial charge in [-0.05, 0) is 164 Å². The molecule has 38 nitrogen and oxygen atoms in total. The second-order valence-electron chi connectivity index (χ2n) is 29.9. The van der Waals surface area contributed by atoms with Gasteiger partial charge >= 0.3 is 59.7 Å². The average molecular weight is 1960 g/mol. The van der Waals surface area contributed by atoms with Crippen molar-refractivity contribution in [2.45, 2.75) is 188 Å². The Hall–Kier alpha value is -12.4. The first-order valence-electron chi connectivity index (χ1n) is 42.1. The number of nitrogens with zero attached hydrogens (tertiary/aromatic N) is 3. The number of phenolic OH excluding ortho intramolecular Hbond substituents is 6. The lowest BCUT2D eigenvalue weighted by atomic mass is 9.95. The minimum absolute atomic E-state index is 0.0193. The molecule has 0 spiro atoms.